The molecule has 1 aromatic carbocycles. The van der Waals surface area contributed by atoms with Crippen LogP contribution in [0, 0.1) is 11.8 Å². The fraction of sp³-hybridized carbons (Fsp3) is 0.562. The highest BCUT2D eigenvalue weighted by atomic mass is 35.5. The second kappa shape index (κ2) is 7.45. The molecule has 0 saturated heterocycles. The van der Waals surface area contributed by atoms with E-state index in [2.05, 4.69) is 10.1 Å². The number of carbonyl (C=O) groups is 1. The lowest BCUT2D eigenvalue weighted by molar-refractivity contribution is -0.122. The molecule has 0 bridgehead atoms. The van der Waals surface area contributed by atoms with Crippen LogP contribution in [0.25, 0.3) is 0 Å². The van der Waals surface area contributed by atoms with Gasteiger partial charge in [0.15, 0.2) is 0 Å². The van der Waals surface area contributed by atoms with Crippen molar-refractivity contribution < 1.29 is 18.3 Å². The molecule has 0 radical (unpaired) electrons. The molecule has 0 aliphatic heterocycles. The van der Waals surface area contributed by atoms with Crippen LogP contribution >= 0.6 is 12.4 Å². The molecule has 3 unspecified atom stereocenters. The third-order valence-electron chi connectivity index (χ3n) is 4.40. The molecule has 23 heavy (non-hydrogen) atoms. The molecule has 2 aliphatic carbocycles. The van der Waals surface area contributed by atoms with Crippen molar-refractivity contribution in [1.29, 1.82) is 0 Å². The Morgan fingerprint density at radius 2 is 2.04 bits per heavy atom. The van der Waals surface area contributed by atoms with Crippen LogP contribution in [0.15, 0.2) is 24.3 Å². The van der Waals surface area contributed by atoms with E-state index < -0.39 is 6.61 Å². The van der Waals surface area contributed by atoms with E-state index in [4.69, 9.17) is 5.73 Å². The van der Waals surface area contributed by atoms with Crippen LogP contribution in [-0.2, 0) is 4.79 Å². The van der Waals surface area contributed by atoms with E-state index in [0.717, 1.165) is 12.8 Å². The first-order chi connectivity index (χ1) is 10.6. The van der Waals surface area contributed by atoms with Gasteiger partial charge in [0.1, 0.15) is 5.75 Å². The van der Waals surface area contributed by atoms with Crippen LogP contribution in [0.1, 0.15) is 30.7 Å². The summed E-state index contributed by atoms with van der Waals surface area (Å²) in [6.45, 7) is -2.37. The van der Waals surface area contributed by atoms with Gasteiger partial charge in [-0.15, -0.1) is 12.4 Å². The highest BCUT2D eigenvalue weighted by Crippen LogP contribution is 2.50. The van der Waals surface area contributed by atoms with Gasteiger partial charge in [0.05, 0.1) is 0 Å². The minimum Gasteiger partial charge on any atom is -0.435 e. The summed E-state index contributed by atoms with van der Waals surface area (Å²) in [4.78, 5) is 12.1. The van der Waals surface area contributed by atoms with Crippen molar-refractivity contribution in [3.8, 4) is 5.75 Å². The number of nitrogens with two attached hydrogens (primary N) is 1. The number of alkyl halides is 2. The van der Waals surface area contributed by atoms with Crippen LogP contribution in [-0.4, -0.2) is 25.1 Å². The summed E-state index contributed by atoms with van der Waals surface area (Å²) < 4.78 is 29.4. The monoisotopic (exact) mass is 346 g/mol. The van der Waals surface area contributed by atoms with Gasteiger partial charge < -0.3 is 15.8 Å². The van der Waals surface area contributed by atoms with Gasteiger partial charge in [0, 0.05) is 18.5 Å². The van der Waals surface area contributed by atoms with Gasteiger partial charge in [-0.3, -0.25) is 4.79 Å². The predicted molar refractivity (Wildman–Crippen MR) is 84.9 cm³/mol. The van der Waals surface area contributed by atoms with Gasteiger partial charge in [-0.2, -0.15) is 8.78 Å². The Labute approximate surface area is 140 Å². The number of ether oxygens (including phenoxy) is 1. The topological polar surface area (TPSA) is 64.3 Å². The number of amides is 1. The number of hydrogen-bond donors (Lipinski definition) is 2. The number of carbonyl (C=O) groups excluding carboxylic acids is 1. The lowest BCUT2D eigenvalue weighted by Crippen LogP contribution is -2.39. The number of hydrogen-bond acceptors (Lipinski definition) is 3. The van der Waals surface area contributed by atoms with Crippen molar-refractivity contribution in [2.45, 2.75) is 37.8 Å². The molecule has 7 heteroatoms. The molecule has 1 amide bonds. The van der Waals surface area contributed by atoms with E-state index in [1.165, 1.54) is 6.07 Å². The van der Waals surface area contributed by atoms with Gasteiger partial charge in [-0.05, 0) is 42.7 Å². The van der Waals surface area contributed by atoms with Crippen LogP contribution in [0.3, 0.4) is 0 Å². The number of benzene rings is 1. The molecule has 3 atom stereocenters. The molecule has 2 aliphatic rings. The second-order valence-electron chi connectivity index (χ2n) is 6.11. The summed E-state index contributed by atoms with van der Waals surface area (Å²) in [5.74, 6) is 0.428. The number of halogens is 3. The minimum absolute atomic E-state index is 0. The SMILES string of the molecule is Cl.NC(CNC(=O)C1CC1c1ccccc1OC(F)F)C1CC1. The second-order valence-corrected chi connectivity index (χ2v) is 6.11. The molecule has 128 valence electrons. The third-order valence-corrected chi connectivity index (χ3v) is 4.40. The van der Waals surface area contributed by atoms with Gasteiger partial charge in [0.25, 0.3) is 0 Å². The van der Waals surface area contributed by atoms with Gasteiger partial charge in [-0.1, -0.05) is 18.2 Å². The van der Waals surface area contributed by atoms with Gasteiger partial charge in [0.2, 0.25) is 5.91 Å². The Hall–Kier alpha value is -1.40. The average Bonchev–Trinajstić information content (AvgIpc) is 3.37. The van der Waals surface area contributed by atoms with Crippen LogP contribution in [0.4, 0.5) is 8.78 Å². The zero-order valence-electron chi connectivity index (χ0n) is 12.6. The number of nitrogens with one attached hydrogen (secondary N) is 1. The Morgan fingerprint density at radius 3 is 2.70 bits per heavy atom. The summed E-state index contributed by atoms with van der Waals surface area (Å²) in [7, 11) is 0. The van der Waals surface area contributed by atoms with Crippen LogP contribution in [0.2, 0.25) is 0 Å². The van der Waals surface area contributed by atoms with Gasteiger partial charge >= 0.3 is 6.61 Å². The number of para-hydroxylation sites is 1. The maximum atomic E-state index is 12.4. The first-order valence-corrected chi connectivity index (χ1v) is 7.63. The lowest BCUT2D eigenvalue weighted by Gasteiger charge is -2.12. The fourth-order valence-corrected chi connectivity index (χ4v) is 2.86. The molecule has 2 saturated carbocycles. The smallest absolute Gasteiger partial charge is 0.387 e. The maximum absolute atomic E-state index is 12.4. The van der Waals surface area contributed by atoms with Crippen LogP contribution in [0.5, 0.6) is 5.75 Å². The Kier molecular flexibility index (Phi) is 5.81. The molecule has 1 aromatic rings. The first kappa shape index (κ1) is 17.9. The standard InChI is InChI=1S/C16H20F2N2O2.ClH/c17-16(18)22-14-4-2-1-3-10(14)11-7-12(11)15(21)20-8-13(19)9-5-6-9;/h1-4,9,11-13,16H,5-8,19H2,(H,20,21);1H. The van der Waals surface area contributed by atoms with E-state index in [1.807, 2.05) is 0 Å². The molecule has 3 N–H and O–H groups in total. The van der Waals surface area contributed by atoms with Crippen molar-refractivity contribution in [3.05, 3.63) is 29.8 Å². The zero-order valence-corrected chi connectivity index (χ0v) is 13.4. The predicted octanol–water partition coefficient (Wildman–Crippen LogP) is 2.67. The van der Waals surface area contributed by atoms with Crippen molar-refractivity contribution in [2.24, 2.45) is 17.6 Å². The molecule has 0 heterocycles. The summed E-state index contributed by atoms with van der Waals surface area (Å²) in [5, 5.41) is 2.87. The van der Waals surface area contributed by atoms with Gasteiger partial charge in [-0.25, -0.2) is 0 Å². The third kappa shape index (κ3) is 4.54. The normalized spacial score (nSPS) is 23.8. The van der Waals surface area contributed by atoms with E-state index >= 15 is 0 Å². The summed E-state index contributed by atoms with van der Waals surface area (Å²) in [6, 6.07) is 6.69. The zero-order chi connectivity index (χ0) is 15.7. The van der Waals surface area contributed by atoms with Crippen molar-refractivity contribution in [2.75, 3.05) is 6.54 Å². The quantitative estimate of drug-likeness (QED) is 0.797. The molecule has 4 nitrogen and oxygen atoms in total. The van der Waals surface area contributed by atoms with Crippen LogP contribution < -0.4 is 15.8 Å². The summed E-state index contributed by atoms with van der Waals surface area (Å²) in [5.41, 5.74) is 6.63. The largest absolute Gasteiger partial charge is 0.435 e. The molecular weight excluding hydrogens is 326 g/mol. The van der Waals surface area contributed by atoms with Crippen molar-refractivity contribution in [1.82, 2.24) is 5.32 Å². The fourth-order valence-electron chi connectivity index (χ4n) is 2.86. The minimum atomic E-state index is -2.86. The molecular formula is C16H21ClF2N2O2. The van der Waals surface area contributed by atoms with E-state index in [9.17, 15) is 13.6 Å². The first-order valence-electron chi connectivity index (χ1n) is 7.63. The summed E-state index contributed by atoms with van der Waals surface area (Å²) in [6.07, 6.45) is 2.94. The molecule has 0 spiro atoms. The highest BCUT2D eigenvalue weighted by molar-refractivity contribution is 5.85. The maximum Gasteiger partial charge on any atom is 0.387 e. The van der Waals surface area contributed by atoms with Crippen molar-refractivity contribution >= 4 is 18.3 Å². The number of rotatable bonds is 7. The Balaban J connectivity index is 0.00000192. The average molecular weight is 347 g/mol. The van der Waals surface area contributed by atoms with Crippen molar-refractivity contribution in [3.63, 3.8) is 0 Å². The summed E-state index contributed by atoms with van der Waals surface area (Å²) >= 11 is 0. The lowest BCUT2D eigenvalue weighted by atomic mass is 10.1. The van der Waals surface area contributed by atoms with E-state index in [0.29, 0.717) is 24.4 Å². The molecule has 2 fully saturated rings. The Morgan fingerprint density at radius 1 is 1.35 bits per heavy atom. The van der Waals surface area contributed by atoms with E-state index in [-0.39, 0.29) is 41.9 Å². The van der Waals surface area contributed by atoms with E-state index in [1.54, 1.807) is 18.2 Å². The molecule has 3 rings (SSSR count). The Bertz CT molecular complexity index is 555. The molecule has 0 aromatic heterocycles. The highest BCUT2D eigenvalue weighted by Gasteiger charge is 2.45.